The number of hydrogen-bond acceptors (Lipinski definition) is 7. The van der Waals surface area contributed by atoms with E-state index in [0.29, 0.717) is 11.3 Å². The first kappa shape index (κ1) is 25.7. The number of aliphatic hydroxyl groups is 1. The van der Waals surface area contributed by atoms with Gasteiger partial charge in [-0.2, -0.15) is 5.10 Å². The van der Waals surface area contributed by atoms with Crippen molar-refractivity contribution in [1.29, 1.82) is 0 Å². The number of nitrogens with zero attached hydrogens (tertiary/aromatic N) is 3. The summed E-state index contributed by atoms with van der Waals surface area (Å²) in [6.45, 7) is 0. The smallest absolute Gasteiger partial charge is 0.346 e. The Bertz CT molecular complexity index is 1530. The summed E-state index contributed by atoms with van der Waals surface area (Å²) < 4.78 is 33.3. The van der Waals surface area contributed by atoms with Gasteiger partial charge in [-0.3, -0.25) is 4.79 Å². The number of halogens is 1. The fraction of sp³-hybridized carbons (Fsp3) is 0.320. The van der Waals surface area contributed by atoms with Crippen molar-refractivity contribution >= 4 is 33.2 Å². The summed E-state index contributed by atoms with van der Waals surface area (Å²) >= 11 is 6.57. The molecule has 1 fully saturated rings. The van der Waals surface area contributed by atoms with Crippen LogP contribution in [0.25, 0.3) is 0 Å². The van der Waals surface area contributed by atoms with Crippen molar-refractivity contribution < 1.29 is 27.9 Å². The average molecular weight is 530 g/mol. The van der Waals surface area contributed by atoms with E-state index in [1.807, 2.05) is 0 Å². The number of aromatic nitrogens is 3. The maximum atomic E-state index is 13.9. The standard InChI is InChI=1S/C25H24ClN3O6S/c1-5-16(30)12-18-19(36(4,33)34)9-8-17(21(18)26)23(31)20-22(14-6-7-14)27-29(3)24(20)35-25(32)15-10-11-28(2)13-15/h1,8-11,13-14,16,30H,6-7,12H2,2-4H3. The normalized spacial score (nSPS) is 14.3. The lowest BCUT2D eigenvalue weighted by molar-refractivity contribution is 0.0718. The van der Waals surface area contributed by atoms with Gasteiger partial charge >= 0.3 is 5.97 Å². The van der Waals surface area contributed by atoms with E-state index in [0.717, 1.165) is 19.1 Å². The summed E-state index contributed by atoms with van der Waals surface area (Å²) in [5.74, 6) is 0.872. The highest BCUT2D eigenvalue weighted by Crippen LogP contribution is 2.44. The molecule has 2 heterocycles. The van der Waals surface area contributed by atoms with Crippen molar-refractivity contribution in [2.45, 2.75) is 36.2 Å². The first-order chi connectivity index (χ1) is 16.9. The maximum absolute atomic E-state index is 13.9. The number of ketones is 1. The summed E-state index contributed by atoms with van der Waals surface area (Å²) in [5, 5.41) is 14.3. The fourth-order valence-electron chi connectivity index (χ4n) is 3.98. The highest BCUT2D eigenvalue weighted by molar-refractivity contribution is 7.90. The first-order valence-electron chi connectivity index (χ1n) is 11.0. The fourth-order valence-corrected chi connectivity index (χ4v) is 5.31. The lowest BCUT2D eigenvalue weighted by atomic mass is 9.97. The molecule has 9 nitrogen and oxygen atoms in total. The highest BCUT2D eigenvalue weighted by atomic mass is 35.5. The Hall–Kier alpha value is -3.39. The van der Waals surface area contributed by atoms with Crippen LogP contribution < -0.4 is 4.74 Å². The number of benzene rings is 1. The predicted octanol–water partition coefficient (Wildman–Crippen LogP) is 2.68. The summed E-state index contributed by atoms with van der Waals surface area (Å²) in [7, 11) is -0.410. The number of terminal acetylenes is 1. The summed E-state index contributed by atoms with van der Waals surface area (Å²) in [4.78, 5) is 26.5. The number of ether oxygens (including phenoxy) is 1. The van der Waals surface area contributed by atoms with Crippen LogP contribution in [0.15, 0.2) is 35.5 Å². The van der Waals surface area contributed by atoms with E-state index < -0.39 is 27.7 Å². The third kappa shape index (κ3) is 4.95. The summed E-state index contributed by atoms with van der Waals surface area (Å²) in [6.07, 6.45) is 9.63. The topological polar surface area (TPSA) is 120 Å². The van der Waals surface area contributed by atoms with E-state index >= 15 is 0 Å². The molecule has 2 aromatic heterocycles. The zero-order valence-corrected chi connectivity index (χ0v) is 21.4. The lowest BCUT2D eigenvalue weighted by Gasteiger charge is -2.15. The van der Waals surface area contributed by atoms with E-state index in [-0.39, 0.29) is 44.8 Å². The van der Waals surface area contributed by atoms with Crippen molar-refractivity contribution in [3.63, 3.8) is 0 Å². The molecule has 0 amide bonds. The molecule has 1 saturated carbocycles. The summed E-state index contributed by atoms with van der Waals surface area (Å²) in [6, 6.07) is 4.15. The molecule has 0 saturated heterocycles. The van der Waals surface area contributed by atoms with Crippen LogP contribution in [-0.2, 0) is 30.4 Å². The second-order valence-electron chi connectivity index (χ2n) is 8.81. The van der Waals surface area contributed by atoms with Crippen LogP contribution in [-0.4, -0.2) is 52.0 Å². The van der Waals surface area contributed by atoms with Gasteiger partial charge in [0.2, 0.25) is 11.7 Å². The number of hydrogen-bond donors (Lipinski definition) is 1. The number of esters is 1. The van der Waals surface area contributed by atoms with Gasteiger partial charge in [-0.25, -0.2) is 17.9 Å². The third-order valence-electron chi connectivity index (χ3n) is 5.90. The zero-order valence-electron chi connectivity index (χ0n) is 19.9. The van der Waals surface area contributed by atoms with Crippen molar-refractivity contribution in [1.82, 2.24) is 14.3 Å². The number of sulfone groups is 1. The van der Waals surface area contributed by atoms with Crippen LogP contribution in [0.2, 0.25) is 5.02 Å². The Kier molecular flexibility index (Phi) is 6.84. The SMILES string of the molecule is C#CC(O)Cc1c(S(C)(=O)=O)ccc(C(=O)c2c(C3CC3)nn(C)c2OC(=O)c2ccn(C)c2)c1Cl. The quantitative estimate of drug-likeness (QED) is 0.270. The van der Waals surface area contributed by atoms with Gasteiger partial charge in [0.1, 0.15) is 11.7 Å². The molecule has 3 aromatic rings. The number of aliphatic hydroxyl groups excluding tert-OH is 1. The van der Waals surface area contributed by atoms with Crippen LogP contribution >= 0.6 is 11.6 Å². The van der Waals surface area contributed by atoms with Gasteiger partial charge in [-0.1, -0.05) is 17.5 Å². The molecule has 0 bridgehead atoms. The maximum Gasteiger partial charge on any atom is 0.346 e. The number of aryl methyl sites for hydroxylation is 2. The molecule has 1 aliphatic carbocycles. The zero-order chi connectivity index (χ0) is 26.4. The van der Waals surface area contributed by atoms with Crippen molar-refractivity contribution in [3.05, 3.63) is 63.6 Å². The molecule has 1 aromatic carbocycles. The van der Waals surface area contributed by atoms with Gasteiger partial charge in [0.25, 0.3) is 0 Å². The van der Waals surface area contributed by atoms with Crippen molar-refractivity contribution in [2.24, 2.45) is 14.1 Å². The summed E-state index contributed by atoms with van der Waals surface area (Å²) in [5.41, 5.74) is 0.880. The molecule has 11 heteroatoms. The minimum atomic E-state index is -3.74. The Morgan fingerprint density at radius 2 is 2.00 bits per heavy atom. The Labute approximate surface area is 213 Å². The molecule has 1 atom stereocenters. The molecule has 188 valence electrons. The van der Waals surface area contributed by atoms with E-state index in [9.17, 15) is 23.1 Å². The monoisotopic (exact) mass is 529 g/mol. The molecular weight excluding hydrogens is 506 g/mol. The predicted molar refractivity (Wildman–Crippen MR) is 132 cm³/mol. The number of rotatable bonds is 8. The van der Waals surface area contributed by atoms with Gasteiger partial charge in [0.05, 0.1) is 21.2 Å². The van der Waals surface area contributed by atoms with Crippen molar-refractivity contribution in [2.75, 3.05) is 6.26 Å². The lowest BCUT2D eigenvalue weighted by Crippen LogP contribution is -2.16. The molecule has 0 radical (unpaired) electrons. The van der Waals surface area contributed by atoms with E-state index in [2.05, 4.69) is 11.0 Å². The number of carbonyl (C=O) groups is 2. The van der Waals surface area contributed by atoms with E-state index in [1.165, 1.54) is 16.8 Å². The molecular formula is C25H24ClN3O6S. The minimum absolute atomic E-state index is 0.0183. The molecule has 36 heavy (non-hydrogen) atoms. The second-order valence-corrected chi connectivity index (χ2v) is 11.2. The minimum Gasteiger partial charge on any atom is -0.403 e. The Morgan fingerprint density at radius 3 is 2.56 bits per heavy atom. The molecule has 1 unspecified atom stereocenters. The Balaban J connectivity index is 1.83. The Morgan fingerprint density at radius 1 is 1.31 bits per heavy atom. The molecule has 1 N–H and O–H groups in total. The van der Waals surface area contributed by atoms with Crippen LogP contribution in [0.1, 0.15) is 56.3 Å². The van der Waals surface area contributed by atoms with Gasteiger partial charge in [0.15, 0.2) is 9.84 Å². The average Bonchev–Trinajstić information content (AvgIpc) is 3.49. The van der Waals surface area contributed by atoms with Gasteiger partial charge < -0.3 is 14.4 Å². The van der Waals surface area contributed by atoms with Crippen LogP contribution in [0, 0.1) is 12.3 Å². The van der Waals surface area contributed by atoms with Crippen LogP contribution in [0.3, 0.4) is 0 Å². The van der Waals surface area contributed by atoms with Gasteiger partial charge in [0, 0.05) is 50.6 Å². The molecule has 1 aliphatic rings. The van der Waals surface area contributed by atoms with E-state index in [4.69, 9.17) is 22.8 Å². The van der Waals surface area contributed by atoms with E-state index in [1.54, 1.807) is 37.1 Å². The van der Waals surface area contributed by atoms with Crippen molar-refractivity contribution in [3.8, 4) is 18.2 Å². The van der Waals surface area contributed by atoms with Crippen LogP contribution in [0.5, 0.6) is 5.88 Å². The van der Waals surface area contributed by atoms with Gasteiger partial charge in [-0.05, 0) is 36.6 Å². The third-order valence-corrected chi connectivity index (χ3v) is 7.52. The number of carbonyl (C=O) groups excluding carboxylic acids is 2. The second kappa shape index (κ2) is 9.58. The molecule has 0 aliphatic heterocycles. The highest BCUT2D eigenvalue weighted by Gasteiger charge is 2.37. The largest absolute Gasteiger partial charge is 0.403 e. The van der Waals surface area contributed by atoms with Gasteiger partial charge in [-0.15, -0.1) is 6.42 Å². The molecule has 0 spiro atoms. The first-order valence-corrected chi connectivity index (χ1v) is 13.3. The van der Waals surface area contributed by atoms with Crippen LogP contribution in [0.4, 0.5) is 0 Å². The molecule has 4 rings (SSSR count).